The summed E-state index contributed by atoms with van der Waals surface area (Å²) >= 11 is 3.45. The molecule has 0 aliphatic heterocycles. The number of nitrogens with one attached hydrogen (secondary N) is 2. The van der Waals surface area contributed by atoms with E-state index in [2.05, 4.69) is 36.5 Å². The zero-order valence-corrected chi connectivity index (χ0v) is 14.5. The van der Waals surface area contributed by atoms with Gasteiger partial charge in [-0.25, -0.2) is 9.97 Å². The summed E-state index contributed by atoms with van der Waals surface area (Å²) in [6.45, 7) is 0. The predicted molar refractivity (Wildman–Crippen MR) is 98.6 cm³/mol. The van der Waals surface area contributed by atoms with Crippen LogP contribution in [-0.2, 0) is 0 Å². The van der Waals surface area contributed by atoms with E-state index < -0.39 is 0 Å². The minimum Gasteiger partial charge on any atom is -0.339 e. The van der Waals surface area contributed by atoms with Crippen LogP contribution in [-0.4, -0.2) is 15.9 Å². The van der Waals surface area contributed by atoms with Crippen molar-refractivity contribution >= 4 is 39.0 Å². The average molecular weight is 394 g/mol. The summed E-state index contributed by atoms with van der Waals surface area (Å²) in [5.41, 5.74) is 2.18. The van der Waals surface area contributed by atoms with Gasteiger partial charge >= 0.3 is 0 Å². The molecular formula is C18H12BrN5O. The van der Waals surface area contributed by atoms with E-state index in [1.807, 2.05) is 30.3 Å². The lowest BCUT2D eigenvalue weighted by atomic mass is 10.2. The van der Waals surface area contributed by atoms with Crippen molar-refractivity contribution in [3.8, 4) is 6.07 Å². The van der Waals surface area contributed by atoms with Crippen LogP contribution in [0.4, 0.5) is 17.2 Å². The van der Waals surface area contributed by atoms with Gasteiger partial charge in [0.2, 0.25) is 0 Å². The van der Waals surface area contributed by atoms with Crippen molar-refractivity contribution in [3.63, 3.8) is 0 Å². The van der Waals surface area contributed by atoms with Gasteiger partial charge in [0.05, 0.1) is 17.3 Å². The van der Waals surface area contributed by atoms with E-state index in [1.165, 1.54) is 6.33 Å². The summed E-state index contributed by atoms with van der Waals surface area (Å²) in [7, 11) is 0. The van der Waals surface area contributed by atoms with Crippen LogP contribution in [0.1, 0.15) is 16.1 Å². The molecule has 1 amide bonds. The van der Waals surface area contributed by atoms with E-state index in [-0.39, 0.29) is 11.6 Å². The monoisotopic (exact) mass is 393 g/mol. The topological polar surface area (TPSA) is 90.7 Å². The second-order valence-electron chi connectivity index (χ2n) is 5.04. The molecule has 1 aromatic heterocycles. The Kier molecular flexibility index (Phi) is 5.02. The number of benzene rings is 2. The molecule has 0 spiro atoms. The van der Waals surface area contributed by atoms with E-state index in [9.17, 15) is 4.79 Å². The van der Waals surface area contributed by atoms with E-state index in [0.29, 0.717) is 17.1 Å². The van der Waals surface area contributed by atoms with Crippen LogP contribution in [0.15, 0.2) is 65.4 Å². The number of hydrogen-bond donors (Lipinski definition) is 2. The Morgan fingerprint density at radius 2 is 1.84 bits per heavy atom. The van der Waals surface area contributed by atoms with Crippen LogP contribution in [0.3, 0.4) is 0 Å². The number of nitrogens with zero attached hydrogens (tertiary/aromatic N) is 3. The fourth-order valence-corrected chi connectivity index (χ4v) is 2.46. The third kappa shape index (κ3) is 4.19. The smallest absolute Gasteiger partial charge is 0.274 e. The number of hydrogen-bond acceptors (Lipinski definition) is 5. The standard InChI is InChI=1S/C18H12BrN5O/c19-14-3-1-2-4-15(14)24-17-9-16(21-11-22-17)18(25)23-13-7-5-12(10-20)6-8-13/h1-9,11H,(H,23,25)(H,21,22,24). The Labute approximate surface area is 152 Å². The second kappa shape index (κ2) is 7.55. The largest absolute Gasteiger partial charge is 0.339 e. The van der Waals surface area contributed by atoms with Crippen molar-refractivity contribution in [2.75, 3.05) is 10.6 Å². The number of carbonyl (C=O) groups excluding carboxylic acids is 1. The first-order chi connectivity index (χ1) is 12.2. The zero-order chi connectivity index (χ0) is 17.6. The number of para-hydroxylation sites is 1. The molecule has 0 aliphatic carbocycles. The number of carbonyl (C=O) groups is 1. The summed E-state index contributed by atoms with van der Waals surface area (Å²) in [5.74, 6) is 0.147. The number of aromatic nitrogens is 2. The summed E-state index contributed by atoms with van der Waals surface area (Å²) in [6, 6.07) is 17.8. The van der Waals surface area contributed by atoms with E-state index in [1.54, 1.807) is 30.3 Å². The summed E-state index contributed by atoms with van der Waals surface area (Å²) in [5, 5.41) is 14.7. The number of amides is 1. The molecule has 0 unspecified atom stereocenters. The quantitative estimate of drug-likeness (QED) is 0.695. The SMILES string of the molecule is N#Cc1ccc(NC(=O)c2cc(Nc3ccccc3Br)ncn2)cc1. The first-order valence-electron chi connectivity index (χ1n) is 7.31. The third-order valence-electron chi connectivity index (χ3n) is 3.31. The van der Waals surface area contributed by atoms with Gasteiger partial charge in [-0.2, -0.15) is 5.26 Å². The van der Waals surface area contributed by atoms with Gasteiger partial charge in [0.15, 0.2) is 0 Å². The molecule has 2 aromatic carbocycles. The molecule has 7 heteroatoms. The maximum atomic E-state index is 12.3. The Balaban J connectivity index is 1.75. The highest BCUT2D eigenvalue weighted by Gasteiger charge is 2.10. The summed E-state index contributed by atoms with van der Waals surface area (Å²) in [4.78, 5) is 20.5. The third-order valence-corrected chi connectivity index (χ3v) is 4.00. The molecule has 0 bridgehead atoms. The molecule has 0 saturated heterocycles. The van der Waals surface area contributed by atoms with Crippen LogP contribution in [0.2, 0.25) is 0 Å². The molecule has 3 rings (SSSR count). The van der Waals surface area contributed by atoms with E-state index in [0.717, 1.165) is 10.2 Å². The molecule has 2 N–H and O–H groups in total. The normalized spacial score (nSPS) is 9.92. The van der Waals surface area contributed by atoms with E-state index in [4.69, 9.17) is 5.26 Å². The Bertz CT molecular complexity index is 950. The molecule has 122 valence electrons. The van der Waals surface area contributed by atoms with Crippen molar-refractivity contribution in [2.45, 2.75) is 0 Å². The van der Waals surface area contributed by atoms with Crippen molar-refractivity contribution in [2.24, 2.45) is 0 Å². The van der Waals surface area contributed by atoms with Crippen LogP contribution < -0.4 is 10.6 Å². The fourth-order valence-electron chi connectivity index (χ4n) is 2.07. The lowest BCUT2D eigenvalue weighted by Crippen LogP contribution is -2.14. The Hall–Kier alpha value is -3.24. The molecule has 0 aliphatic rings. The molecule has 0 radical (unpaired) electrons. The lowest BCUT2D eigenvalue weighted by molar-refractivity contribution is 0.102. The maximum absolute atomic E-state index is 12.3. The molecule has 3 aromatic rings. The predicted octanol–water partition coefficient (Wildman–Crippen LogP) is 4.11. The van der Waals surface area contributed by atoms with E-state index >= 15 is 0 Å². The van der Waals surface area contributed by atoms with Crippen molar-refractivity contribution in [3.05, 3.63) is 76.7 Å². The van der Waals surface area contributed by atoms with Gasteiger partial charge in [0, 0.05) is 16.2 Å². The minimum absolute atomic E-state index is 0.230. The lowest BCUT2D eigenvalue weighted by Gasteiger charge is -2.09. The Morgan fingerprint density at radius 1 is 1.08 bits per heavy atom. The number of rotatable bonds is 4. The molecule has 25 heavy (non-hydrogen) atoms. The van der Waals surface area contributed by atoms with Crippen LogP contribution in [0.25, 0.3) is 0 Å². The van der Waals surface area contributed by atoms with Crippen molar-refractivity contribution < 1.29 is 4.79 Å². The Morgan fingerprint density at radius 3 is 2.56 bits per heavy atom. The molecule has 0 atom stereocenters. The summed E-state index contributed by atoms with van der Waals surface area (Å²) < 4.78 is 0.886. The van der Waals surface area contributed by atoms with Crippen molar-refractivity contribution in [1.82, 2.24) is 9.97 Å². The van der Waals surface area contributed by atoms with Gasteiger partial charge in [0.25, 0.3) is 5.91 Å². The van der Waals surface area contributed by atoms with Gasteiger partial charge in [-0.05, 0) is 52.3 Å². The van der Waals surface area contributed by atoms with Crippen LogP contribution >= 0.6 is 15.9 Å². The number of nitriles is 1. The molecule has 0 saturated carbocycles. The first-order valence-corrected chi connectivity index (χ1v) is 8.10. The van der Waals surface area contributed by atoms with Gasteiger partial charge < -0.3 is 10.6 Å². The van der Waals surface area contributed by atoms with Gasteiger partial charge in [-0.3, -0.25) is 4.79 Å². The van der Waals surface area contributed by atoms with Crippen molar-refractivity contribution in [1.29, 1.82) is 5.26 Å². The molecule has 6 nitrogen and oxygen atoms in total. The van der Waals surface area contributed by atoms with Gasteiger partial charge in [-0.1, -0.05) is 12.1 Å². The highest BCUT2D eigenvalue weighted by atomic mass is 79.9. The molecule has 0 fully saturated rings. The van der Waals surface area contributed by atoms with Crippen LogP contribution in [0.5, 0.6) is 0 Å². The molecular weight excluding hydrogens is 382 g/mol. The summed E-state index contributed by atoms with van der Waals surface area (Å²) in [6.07, 6.45) is 1.33. The molecule has 1 heterocycles. The fraction of sp³-hybridized carbons (Fsp3) is 0. The first kappa shape index (κ1) is 16.6. The minimum atomic E-state index is -0.359. The highest BCUT2D eigenvalue weighted by molar-refractivity contribution is 9.10. The average Bonchev–Trinajstić information content (AvgIpc) is 2.64. The zero-order valence-electron chi connectivity index (χ0n) is 12.9. The highest BCUT2D eigenvalue weighted by Crippen LogP contribution is 2.24. The second-order valence-corrected chi connectivity index (χ2v) is 5.89. The van der Waals surface area contributed by atoms with Gasteiger partial charge in [0.1, 0.15) is 17.8 Å². The maximum Gasteiger partial charge on any atom is 0.274 e. The number of halogens is 1. The van der Waals surface area contributed by atoms with Gasteiger partial charge in [-0.15, -0.1) is 0 Å². The number of anilines is 3. The van der Waals surface area contributed by atoms with Crippen LogP contribution in [0, 0.1) is 11.3 Å².